The third kappa shape index (κ3) is 2.79. The maximum Gasteiger partial charge on any atom is 0.270 e. The Kier molecular flexibility index (Phi) is 3.34. The molecule has 2 aromatic heterocycles. The molecule has 0 aliphatic carbocycles. The first kappa shape index (κ1) is 11.5. The van der Waals surface area contributed by atoms with Gasteiger partial charge in [0.25, 0.3) is 5.91 Å². The van der Waals surface area contributed by atoms with Crippen molar-refractivity contribution in [1.82, 2.24) is 25.5 Å². The van der Waals surface area contributed by atoms with Gasteiger partial charge in [-0.1, -0.05) is 11.6 Å². The Labute approximate surface area is 102 Å². The van der Waals surface area contributed by atoms with Crippen LogP contribution in [0, 0.1) is 0 Å². The summed E-state index contributed by atoms with van der Waals surface area (Å²) < 4.78 is 0. The molecule has 0 saturated carbocycles. The van der Waals surface area contributed by atoms with E-state index in [4.69, 9.17) is 11.6 Å². The summed E-state index contributed by atoms with van der Waals surface area (Å²) in [5, 5.41) is 9.63. The van der Waals surface area contributed by atoms with Crippen LogP contribution in [0.3, 0.4) is 0 Å². The molecule has 0 saturated heterocycles. The van der Waals surface area contributed by atoms with Gasteiger partial charge in [-0.15, -0.1) is 0 Å². The lowest BCUT2D eigenvalue weighted by molar-refractivity contribution is 0.0933. The molecule has 0 radical (unpaired) electrons. The summed E-state index contributed by atoms with van der Waals surface area (Å²) in [5.41, 5.74) is 0.306. The van der Waals surface area contributed by atoms with Crippen molar-refractivity contribution >= 4 is 17.5 Å². The summed E-state index contributed by atoms with van der Waals surface area (Å²) in [6.07, 6.45) is 2.81. The van der Waals surface area contributed by atoms with Crippen LogP contribution < -0.4 is 5.32 Å². The number of carbonyl (C=O) groups excluding carboxylic acids is 1. The standard InChI is InChI=1S/C10H10ClN5O/c1-6(9-13-5-14-16-9)15-10(17)8-3-2-7(11)4-12-8/h2-6H,1H3,(H,15,17)(H,13,14,16). The number of aromatic nitrogens is 4. The second-order valence-electron chi connectivity index (χ2n) is 3.43. The van der Waals surface area contributed by atoms with Crippen LogP contribution in [0.2, 0.25) is 5.02 Å². The largest absolute Gasteiger partial charge is 0.341 e. The van der Waals surface area contributed by atoms with Crippen molar-refractivity contribution in [3.8, 4) is 0 Å². The molecule has 0 bridgehead atoms. The first-order valence-electron chi connectivity index (χ1n) is 4.94. The fourth-order valence-corrected chi connectivity index (χ4v) is 1.38. The molecule has 0 aliphatic rings. The molecule has 0 spiro atoms. The van der Waals surface area contributed by atoms with Gasteiger partial charge in [0, 0.05) is 6.20 Å². The number of hydrogen-bond acceptors (Lipinski definition) is 4. The van der Waals surface area contributed by atoms with Crippen LogP contribution in [0.25, 0.3) is 0 Å². The predicted molar refractivity (Wildman–Crippen MR) is 61.5 cm³/mol. The van der Waals surface area contributed by atoms with E-state index < -0.39 is 0 Å². The minimum atomic E-state index is -0.287. The van der Waals surface area contributed by atoms with Crippen molar-refractivity contribution in [3.05, 3.63) is 41.2 Å². The van der Waals surface area contributed by atoms with Crippen LogP contribution in [-0.2, 0) is 0 Å². The van der Waals surface area contributed by atoms with Gasteiger partial charge in [0.15, 0.2) is 0 Å². The van der Waals surface area contributed by atoms with E-state index in [9.17, 15) is 4.79 Å². The Morgan fingerprint density at radius 1 is 1.47 bits per heavy atom. The van der Waals surface area contributed by atoms with Crippen LogP contribution in [0.5, 0.6) is 0 Å². The van der Waals surface area contributed by atoms with Crippen molar-refractivity contribution in [2.45, 2.75) is 13.0 Å². The lowest BCUT2D eigenvalue weighted by Gasteiger charge is -2.10. The smallest absolute Gasteiger partial charge is 0.270 e. The zero-order valence-corrected chi connectivity index (χ0v) is 9.77. The highest BCUT2D eigenvalue weighted by molar-refractivity contribution is 6.30. The van der Waals surface area contributed by atoms with Gasteiger partial charge in [-0.3, -0.25) is 9.89 Å². The van der Waals surface area contributed by atoms with Gasteiger partial charge in [-0.25, -0.2) is 9.97 Å². The number of nitrogens with zero attached hydrogens (tertiary/aromatic N) is 3. The minimum Gasteiger partial charge on any atom is -0.341 e. The first-order chi connectivity index (χ1) is 8.16. The molecule has 0 aliphatic heterocycles. The highest BCUT2D eigenvalue weighted by Gasteiger charge is 2.14. The lowest BCUT2D eigenvalue weighted by atomic mass is 10.3. The third-order valence-electron chi connectivity index (χ3n) is 2.15. The van der Waals surface area contributed by atoms with Crippen molar-refractivity contribution in [1.29, 1.82) is 0 Å². The summed E-state index contributed by atoms with van der Waals surface area (Å²) in [7, 11) is 0. The van der Waals surface area contributed by atoms with Gasteiger partial charge in [-0.05, 0) is 19.1 Å². The summed E-state index contributed by atoms with van der Waals surface area (Å²) in [6.45, 7) is 1.80. The molecule has 7 heteroatoms. The first-order valence-corrected chi connectivity index (χ1v) is 5.32. The molecule has 2 heterocycles. The number of aromatic amines is 1. The van der Waals surface area contributed by atoms with Crippen LogP contribution in [0.4, 0.5) is 0 Å². The van der Waals surface area contributed by atoms with Crippen molar-refractivity contribution in [3.63, 3.8) is 0 Å². The van der Waals surface area contributed by atoms with Crippen LogP contribution in [0.1, 0.15) is 29.3 Å². The number of carbonyl (C=O) groups is 1. The number of nitrogens with one attached hydrogen (secondary N) is 2. The second-order valence-corrected chi connectivity index (χ2v) is 3.86. The Morgan fingerprint density at radius 3 is 2.88 bits per heavy atom. The number of hydrogen-bond donors (Lipinski definition) is 2. The average Bonchev–Trinajstić information content (AvgIpc) is 2.83. The highest BCUT2D eigenvalue weighted by atomic mass is 35.5. The maximum atomic E-state index is 11.8. The Bertz CT molecular complexity index is 496. The number of rotatable bonds is 3. The molecule has 2 N–H and O–H groups in total. The van der Waals surface area contributed by atoms with Crippen LogP contribution >= 0.6 is 11.6 Å². The summed E-state index contributed by atoms with van der Waals surface area (Å²) in [6, 6.07) is 2.91. The maximum absolute atomic E-state index is 11.8. The highest BCUT2D eigenvalue weighted by Crippen LogP contribution is 2.08. The third-order valence-corrected chi connectivity index (χ3v) is 2.38. The van der Waals surface area contributed by atoms with Gasteiger partial charge < -0.3 is 5.32 Å². The van der Waals surface area contributed by atoms with Crippen molar-refractivity contribution < 1.29 is 4.79 Å². The number of amides is 1. The summed E-state index contributed by atoms with van der Waals surface area (Å²) >= 11 is 5.69. The Balaban J connectivity index is 2.04. The van der Waals surface area contributed by atoms with E-state index in [1.54, 1.807) is 19.1 Å². The molecule has 88 valence electrons. The Morgan fingerprint density at radius 2 is 2.29 bits per heavy atom. The van der Waals surface area contributed by atoms with Gasteiger partial charge in [0.1, 0.15) is 17.8 Å². The zero-order chi connectivity index (χ0) is 12.3. The molecule has 2 aromatic rings. The van der Waals surface area contributed by atoms with E-state index in [0.29, 0.717) is 16.5 Å². The van der Waals surface area contributed by atoms with Gasteiger partial charge in [0.2, 0.25) is 0 Å². The molecule has 17 heavy (non-hydrogen) atoms. The van der Waals surface area contributed by atoms with Gasteiger partial charge >= 0.3 is 0 Å². The molecule has 0 aromatic carbocycles. The van der Waals surface area contributed by atoms with E-state index in [-0.39, 0.29) is 11.9 Å². The monoisotopic (exact) mass is 251 g/mol. The fourth-order valence-electron chi connectivity index (χ4n) is 1.27. The second kappa shape index (κ2) is 4.92. The predicted octanol–water partition coefficient (Wildman–Crippen LogP) is 1.34. The molecule has 1 unspecified atom stereocenters. The number of pyridine rings is 1. The SMILES string of the molecule is CC(NC(=O)c1ccc(Cl)cn1)c1ncn[nH]1. The number of H-pyrrole nitrogens is 1. The van der Waals surface area contributed by atoms with Gasteiger partial charge in [-0.2, -0.15) is 5.10 Å². The summed E-state index contributed by atoms with van der Waals surface area (Å²) in [5.74, 6) is 0.304. The quantitative estimate of drug-likeness (QED) is 0.862. The van der Waals surface area contributed by atoms with Crippen LogP contribution in [0.15, 0.2) is 24.7 Å². The van der Waals surface area contributed by atoms with E-state index in [1.807, 2.05) is 0 Å². The topological polar surface area (TPSA) is 83.6 Å². The fraction of sp³-hybridized carbons (Fsp3) is 0.200. The molecule has 6 nitrogen and oxygen atoms in total. The number of halogens is 1. The molecular weight excluding hydrogens is 242 g/mol. The molecule has 1 atom stereocenters. The zero-order valence-electron chi connectivity index (χ0n) is 9.01. The van der Waals surface area contributed by atoms with E-state index in [2.05, 4.69) is 25.5 Å². The van der Waals surface area contributed by atoms with Gasteiger partial charge in [0.05, 0.1) is 11.1 Å². The van der Waals surface area contributed by atoms with E-state index in [0.717, 1.165) is 0 Å². The normalized spacial score (nSPS) is 12.1. The average molecular weight is 252 g/mol. The van der Waals surface area contributed by atoms with Crippen molar-refractivity contribution in [2.75, 3.05) is 0 Å². The molecule has 1 amide bonds. The van der Waals surface area contributed by atoms with Crippen LogP contribution in [-0.4, -0.2) is 26.1 Å². The van der Waals surface area contributed by atoms with E-state index in [1.165, 1.54) is 12.5 Å². The Hall–Kier alpha value is -1.95. The van der Waals surface area contributed by atoms with E-state index >= 15 is 0 Å². The molecular formula is C10H10ClN5O. The summed E-state index contributed by atoms with van der Waals surface area (Å²) in [4.78, 5) is 19.7. The lowest BCUT2D eigenvalue weighted by Crippen LogP contribution is -2.28. The minimum absolute atomic E-state index is 0.262. The molecule has 0 fully saturated rings. The van der Waals surface area contributed by atoms with Crippen molar-refractivity contribution in [2.24, 2.45) is 0 Å². The molecule has 2 rings (SSSR count).